The summed E-state index contributed by atoms with van der Waals surface area (Å²) < 4.78 is 12.2. The van der Waals surface area contributed by atoms with E-state index in [1.807, 2.05) is 45.9 Å². The minimum absolute atomic E-state index is 0.358. The minimum atomic E-state index is -0.494. The molecule has 0 bridgehead atoms. The third-order valence-electron chi connectivity index (χ3n) is 5.89. The molecule has 0 unspecified atom stereocenters. The highest BCUT2D eigenvalue weighted by Crippen LogP contribution is 2.37. The molecule has 1 aromatic rings. The molecular weight excluding hydrogens is 287 g/mol. The first kappa shape index (κ1) is 16.8. The van der Waals surface area contributed by atoms with Crippen LogP contribution in [0.1, 0.15) is 65.4 Å². The summed E-state index contributed by atoms with van der Waals surface area (Å²) in [6, 6.07) is 5.97. The number of phenols is 1. The summed E-state index contributed by atoms with van der Waals surface area (Å²) in [6.45, 7) is 8.15. The van der Waals surface area contributed by atoms with Crippen LogP contribution in [0.15, 0.2) is 18.2 Å². The zero-order valence-electron chi connectivity index (χ0n) is 14.9. The van der Waals surface area contributed by atoms with Crippen LogP contribution < -0.4 is 5.46 Å². The highest BCUT2D eigenvalue weighted by molar-refractivity contribution is 6.63. The lowest BCUT2D eigenvalue weighted by Gasteiger charge is -2.32. The van der Waals surface area contributed by atoms with E-state index >= 15 is 0 Å². The number of hydrogen-bond donors (Lipinski definition) is 1. The molecule has 3 nitrogen and oxygen atoms in total. The molecule has 1 aromatic carbocycles. The predicted octanol–water partition coefficient (Wildman–Crippen LogP) is 3.81. The molecule has 0 radical (unpaired) electrons. The Bertz CT molecular complexity index is 546. The zero-order valence-corrected chi connectivity index (χ0v) is 14.9. The summed E-state index contributed by atoms with van der Waals surface area (Å²) in [4.78, 5) is 0. The van der Waals surface area contributed by atoms with Gasteiger partial charge in [0.05, 0.1) is 11.2 Å². The van der Waals surface area contributed by atoms with Crippen LogP contribution in [-0.4, -0.2) is 23.4 Å². The Morgan fingerprint density at radius 3 is 2.26 bits per heavy atom. The number of aromatic hydroxyl groups is 1. The SMILES string of the molecule is CC1(C)OB(c2cccc(CC3CCCCC3)c2O)OC1(C)C. The van der Waals surface area contributed by atoms with Gasteiger partial charge in [-0.05, 0) is 45.6 Å². The first-order valence-corrected chi connectivity index (χ1v) is 8.96. The fraction of sp³-hybridized carbons (Fsp3) is 0.684. The molecule has 0 atom stereocenters. The lowest BCUT2D eigenvalue weighted by Crippen LogP contribution is -2.41. The van der Waals surface area contributed by atoms with Crippen molar-refractivity contribution in [3.63, 3.8) is 0 Å². The predicted molar refractivity (Wildman–Crippen MR) is 94.1 cm³/mol. The monoisotopic (exact) mass is 316 g/mol. The maximum absolute atomic E-state index is 10.8. The van der Waals surface area contributed by atoms with E-state index < -0.39 is 7.12 Å². The number of para-hydroxylation sites is 1. The second-order valence-corrected chi connectivity index (χ2v) is 8.15. The van der Waals surface area contributed by atoms with E-state index in [9.17, 15) is 5.11 Å². The summed E-state index contributed by atoms with van der Waals surface area (Å²) in [5.74, 6) is 1.06. The van der Waals surface area contributed by atoms with E-state index in [2.05, 4.69) is 0 Å². The average molecular weight is 316 g/mol. The number of rotatable bonds is 3. The van der Waals surface area contributed by atoms with Gasteiger partial charge < -0.3 is 14.4 Å². The number of phenolic OH excluding ortho intramolecular Hbond substituents is 1. The van der Waals surface area contributed by atoms with Gasteiger partial charge >= 0.3 is 7.12 Å². The smallest absolute Gasteiger partial charge is 0.498 e. The molecule has 0 spiro atoms. The van der Waals surface area contributed by atoms with Gasteiger partial charge in [0, 0.05) is 5.46 Å². The van der Waals surface area contributed by atoms with Crippen LogP contribution in [0.3, 0.4) is 0 Å². The van der Waals surface area contributed by atoms with Gasteiger partial charge in [0.2, 0.25) is 0 Å². The molecular formula is C19H29BO3. The molecule has 2 fully saturated rings. The van der Waals surface area contributed by atoms with E-state index in [1.54, 1.807) is 0 Å². The molecule has 0 amide bonds. The van der Waals surface area contributed by atoms with E-state index in [4.69, 9.17) is 9.31 Å². The molecule has 2 aliphatic rings. The summed E-state index contributed by atoms with van der Waals surface area (Å²) in [5.41, 5.74) is 1.02. The van der Waals surface area contributed by atoms with Gasteiger partial charge in [-0.25, -0.2) is 0 Å². The lowest BCUT2D eigenvalue weighted by atomic mass is 9.76. The molecule has 3 rings (SSSR count). The fourth-order valence-corrected chi connectivity index (χ4v) is 3.64. The third kappa shape index (κ3) is 3.29. The maximum atomic E-state index is 10.8. The molecule has 1 heterocycles. The minimum Gasteiger partial charge on any atom is -0.508 e. The second-order valence-electron chi connectivity index (χ2n) is 8.15. The van der Waals surface area contributed by atoms with Gasteiger partial charge in [-0.15, -0.1) is 0 Å². The lowest BCUT2D eigenvalue weighted by molar-refractivity contribution is 0.00578. The van der Waals surface area contributed by atoms with Crippen LogP contribution in [0.25, 0.3) is 0 Å². The summed E-state index contributed by atoms with van der Waals surface area (Å²) in [6.07, 6.45) is 7.51. The van der Waals surface area contributed by atoms with Crippen molar-refractivity contribution in [2.24, 2.45) is 5.92 Å². The first-order chi connectivity index (χ1) is 10.8. The maximum Gasteiger partial charge on any atom is 0.498 e. The Morgan fingerprint density at radius 2 is 1.65 bits per heavy atom. The second kappa shape index (κ2) is 6.14. The van der Waals surface area contributed by atoms with Crippen molar-refractivity contribution in [1.29, 1.82) is 0 Å². The summed E-state index contributed by atoms with van der Waals surface area (Å²) in [7, 11) is -0.494. The Balaban J connectivity index is 1.80. The normalized spacial score (nSPS) is 24.1. The largest absolute Gasteiger partial charge is 0.508 e. The number of hydrogen-bond acceptors (Lipinski definition) is 3. The average Bonchev–Trinajstić information content (AvgIpc) is 2.70. The van der Waals surface area contributed by atoms with E-state index in [0.717, 1.165) is 17.4 Å². The Kier molecular flexibility index (Phi) is 4.50. The molecule has 1 N–H and O–H groups in total. The Hall–Kier alpha value is -0.995. The number of benzene rings is 1. The molecule has 4 heteroatoms. The summed E-state index contributed by atoms with van der Waals surface area (Å²) in [5, 5.41) is 10.8. The van der Waals surface area contributed by atoms with Crippen LogP contribution in [0.2, 0.25) is 0 Å². The van der Waals surface area contributed by atoms with Crippen molar-refractivity contribution in [1.82, 2.24) is 0 Å². The molecule has 23 heavy (non-hydrogen) atoms. The van der Waals surface area contributed by atoms with Gasteiger partial charge in [-0.3, -0.25) is 0 Å². The van der Waals surface area contributed by atoms with E-state index in [-0.39, 0.29) is 11.2 Å². The van der Waals surface area contributed by atoms with Crippen molar-refractivity contribution in [3.8, 4) is 5.75 Å². The standard InChI is InChI=1S/C19H29BO3/c1-18(2)19(3,4)23-20(22-18)16-12-8-11-15(17(16)21)13-14-9-6-5-7-10-14/h8,11-12,14,21H,5-7,9-10,13H2,1-4H3. The fourth-order valence-electron chi connectivity index (χ4n) is 3.64. The van der Waals surface area contributed by atoms with E-state index in [0.29, 0.717) is 11.7 Å². The topological polar surface area (TPSA) is 38.7 Å². The Morgan fingerprint density at radius 1 is 1.04 bits per heavy atom. The molecule has 1 aliphatic heterocycles. The van der Waals surface area contributed by atoms with Crippen molar-refractivity contribution in [2.75, 3.05) is 0 Å². The Labute approximate surface area is 140 Å². The highest BCUT2D eigenvalue weighted by Gasteiger charge is 2.52. The zero-order chi connectivity index (χ0) is 16.7. The van der Waals surface area contributed by atoms with Crippen molar-refractivity contribution < 1.29 is 14.4 Å². The third-order valence-corrected chi connectivity index (χ3v) is 5.89. The molecule has 0 aromatic heterocycles. The molecule has 126 valence electrons. The summed E-state index contributed by atoms with van der Waals surface area (Å²) >= 11 is 0. The molecule has 1 saturated heterocycles. The van der Waals surface area contributed by atoms with Crippen molar-refractivity contribution in [3.05, 3.63) is 23.8 Å². The van der Waals surface area contributed by atoms with Crippen molar-refractivity contribution in [2.45, 2.75) is 77.4 Å². The van der Waals surface area contributed by atoms with Gasteiger partial charge in [-0.1, -0.05) is 50.3 Å². The van der Waals surface area contributed by atoms with Crippen LogP contribution in [0.4, 0.5) is 0 Å². The molecule has 1 aliphatic carbocycles. The van der Waals surface area contributed by atoms with Gasteiger partial charge in [0.1, 0.15) is 5.75 Å². The highest BCUT2D eigenvalue weighted by atomic mass is 16.7. The first-order valence-electron chi connectivity index (χ1n) is 8.96. The van der Waals surface area contributed by atoms with Crippen LogP contribution in [-0.2, 0) is 15.7 Å². The quantitative estimate of drug-likeness (QED) is 0.862. The van der Waals surface area contributed by atoms with Crippen LogP contribution >= 0.6 is 0 Å². The van der Waals surface area contributed by atoms with Gasteiger partial charge in [0.15, 0.2) is 0 Å². The van der Waals surface area contributed by atoms with Crippen LogP contribution in [0.5, 0.6) is 5.75 Å². The molecule has 1 saturated carbocycles. The van der Waals surface area contributed by atoms with Gasteiger partial charge in [-0.2, -0.15) is 0 Å². The van der Waals surface area contributed by atoms with Gasteiger partial charge in [0.25, 0.3) is 0 Å². The van der Waals surface area contributed by atoms with Crippen molar-refractivity contribution >= 4 is 12.6 Å². The van der Waals surface area contributed by atoms with E-state index in [1.165, 1.54) is 32.1 Å². The van der Waals surface area contributed by atoms with Crippen LogP contribution in [0, 0.1) is 5.92 Å².